The number of carbonyl (C=O) groups is 1. The summed E-state index contributed by atoms with van der Waals surface area (Å²) in [5.74, 6) is 0.0553. The maximum absolute atomic E-state index is 11.4. The van der Waals surface area contributed by atoms with E-state index < -0.39 is 0 Å². The Bertz CT molecular complexity index is 393. The van der Waals surface area contributed by atoms with Crippen LogP contribution in [0.4, 0.5) is 0 Å². The first-order valence-corrected chi connectivity index (χ1v) is 5.72. The van der Waals surface area contributed by atoms with Crippen LogP contribution in [0.3, 0.4) is 0 Å². The minimum atomic E-state index is -0.337. The Morgan fingerprint density at radius 1 is 1.59 bits per heavy atom. The Hall–Kier alpha value is -1.47. The minimum Gasteiger partial charge on any atom is -0.364 e. The van der Waals surface area contributed by atoms with Crippen molar-refractivity contribution in [2.45, 2.75) is 32.0 Å². The summed E-state index contributed by atoms with van der Waals surface area (Å²) in [6.07, 6.45) is 1.47. The molecule has 1 aliphatic rings. The fraction of sp³-hybridized carbons (Fsp3) is 0.700. The average molecular weight is 240 g/mol. The van der Waals surface area contributed by atoms with Crippen molar-refractivity contribution in [1.82, 2.24) is 15.5 Å². The van der Waals surface area contributed by atoms with Crippen molar-refractivity contribution in [3.05, 3.63) is 11.7 Å². The molecule has 1 aromatic heterocycles. The second-order valence-corrected chi connectivity index (χ2v) is 3.88. The molecule has 2 heterocycles. The lowest BCUT2D eigenvalue weighted by molar-refractivity contribution is 0.0307. The zero-order valence-corrected chi connectivity index (χ0v) is 9.68. The number of nitrogens with zero attached hydrogens (tertiary/aromatic N) is 2. The number of hydrogen-bond donors (Lipinski definition) is 2. The highest BCUT2D eigenvalue weighted by molar-refractivity contribution is 5.90. The van der Waals surface area contributed by atoms with Crippen LogP contribution in [0.15, 0.2) is 4.52 Å². The second kappa shape index (κ2) is 5.24. The fourth-order valence-corrected chi connectivity index (χ4v) is 1.76. The highest BCUT2D eigenvalue weighted by Crippen LogP contribution is 2.31. The Morgan fingerprint density at radius 3 is 3.06 bits per heavy atom. The van der Waals surface area contributed by atoms with Crippen LogP contribution in [0.1, 0.15) is 42.4 Å². The molecule has 1 saturated heterocycles. The van der Waals surface area contributed by atoms with Gasteiger partial charge in [0.25, 0.3) is 17.6 Å². The lowest BCUT2D eigenvalue weighted by Gasteiger charge is -2.07. The van der Waals surface area contributed by atoms with Gasteiger partial charge in [0.15, 0.2) is 0 Å². The predicted molar refractivity (Wildman–Crippen MR) is 58.2 cm³/mol. The number of carbonyl (C=O) groups excluding carboxylic acids is 1. The summed E-state index contributed by atoms with van der Waals surface area (Å²) in [5.41, 5.74) is 5.51. The van der Waals surface area contributed by atoms with Crippen LogP contribution in [0.5, 0.6) is 0 Å². The number of amides is 1. The van der Waals surface area contributed by atoms with Crippen LogP contribution in [0.25, 0.3) is 0 Å². The Kier molecular flexibility index (Phi) is 3.70. The zero-order chi connectivity index (χ0) is 12.3. The number of rotatable bonds is 4. The van der Waals surface area contributed by atoms with E-state index in [2.05, 4.69) is 15.5 Å². The molecule has 0 saturated carbocycles. The van der Waals surface area contributed by atoms with E-state index in [9.17, 15) is 4.79 Å². The van der Waals surface area contributed by atoms with Crippen molar-refractivity contribution >= 4 is 5.91 Å². The lowest BCUT2D eigenvalue weighted by atomic mass is 10.2. The van der Waals surface area contributed by atoms with E-state index in [0.717, 1.165) is 12.8 Å². The van der Waals surface area contributed by atoms with Crippen molar-refractivity contribution in [2.75, 3.05) is 13.1 Å². The summed E-state index contributed by atoms with van der Waals surface area (Å²) in [4.78, 5) is 15.5. The monoisotopic (exact) mass is 240 g/mol. The molecule has 17 heavy (non-hydrogen) atoms. The summed E-state index contributed by atoms with van der Waals surface area (Å²) >= 11 is 0. The third kappa shape index (κ3) is 2.62. The molecule has 0 radical (unpaired) electrons. The molecule has 1 aliphatic heterocycles. The molecule has 2 unspecified atom stereocenters. The first-order valence-electron chi connectivity index (χ1n) is 5.72. The standard InChI is InChI=1S/C10H16N4O3/c1-2-12-9(15)8-13-10(17-14-8)7-4-3-6(5-11)16-7/h6-7H,2-5,11H2,1H3,(H,12,15). The molecule has 0 aliphatic carbocycles. The molecule has 94 valence electrons. The van der Waals surface area contributed by atoms with E-state index in [-0.39, 0.29) is 23.9 Å². The van der Waals surface area contributed by atoms with Gasteiger partial charge in [0.05, 0.1) is 6.10 Å². The Morgan fingerprint density at radius 2 is 2.41 bits per heavy atom. The Labute approximate surface area is 98.7 Å². The molecule has 0 spiro atoms. The van der Waals surface area contributed by atoms with Gasteiger partial charge >= 0.3 is 0 Å². The number of nitrogens with one attached hydrogen (secondary N) is 1. The molecule has 7 heteroatoms. The van der Waals surface area contributed by atoms with Crippen LogP contribution in [0.2, 0.25) is 0 Å². The third-order valence-corrected chi connectivity index (χ3v) is 2.63. The molecule has 2 rings (SSSR count). The van der Waals surface area contributed by atoms with E-state index in [1.165, 1.54) is 0 Å². The SMILES string of the molecule is CCNC(=O)c1noc(C2CCC(CN)O2)n1. The Balaban J connectivity index is 2.01. The quantitative estimate of drug-likeness (QED) is 0.767. The highest BCUT2D eigenvalue weighted by Gasteiger charge is 2.30. The van der Waals surface area contributed by atoms with E-state index in [1.54, 1.807) is 0 Å². The third-order valence-electron chi connectivity index (χ3n) is 2.63. The smallest absolute Gasteiger partial charge is 0.292 e. The van der Waals surface area contributed by atoms with Crippen molar-refractivity contribution in [2.24, 2.45) is 5.73 Å². The van der Waals surface area contributed by atoms with Gasteiger partial charge in [-0.3, -0.25) is 4.79 Å². The molecule has 1 fully saturated rings. The molecule has 2 atom stereocenters. The summed E-state index contributed by atoms with van der Waals surface area (Å²) < 4.78 is 10.6. The molecule has 0 bridgehead atoms. The normalized spacial score (nSPS) is 23.9. The number of hydrogen-bond acceptors (Lipinski definition) is 6. The van der Waals surface area contributed by atoms with Gasteiger partial charge in [-0.1, -0.05) is 5.16 Å². The van der Waals surface area contributed by atoms with Crippen molar-refractivity contribution in [1.29, 1.82) is 0 Å². The van der Waals surface area contributed by atoms with Crippen molar-refractivity contribution < 1.29 is 14.1 Å². The van der Waals surface area contributed by atoms with Crippen LogP contribution >= 0.6 is 0 Å². The maximum atomic E-state index is 11.4. The zero-order valence-electron chi connectivity index (χ0n) is 9.68. The van der Waals surface area contributed by atoms with E-state index in [4.69, 9.17) is 15.0 Å². The van der Waals surface area contributed by atoms with E-state index in [0.29, 0.717) is 19.0 Å². The van der Waals surface area contributed by atoms with Crippen molar-refractivity contribution in [3.8, 4) is 0 Å². The lowest BCUT2D eigenvalue weighted by Crippen LogP contribution is -2.23. The topological polar surface area (TPSA) is 103 Å². The molecule has 1 amide bonds. The van der Waals surface area contributed by atoms with Gasteiger partial charge in [-0.25, -0.2) is 0 Å². The summed E-state index contributed by atoms with van der Waals surface area (Å²) in [7, 11) is 0. The van der Waals surface area contributed by atoms with Gasteiger partial charge in [0, 0.05) is 13.1 Å². The molecule has 0 aromatic carbocycles. The van der Waals surface area contributed by atoms with Crippen LogP contribution in [-0.4, -0.2) is 35.2 Å². The molecular weight excluding hydrogens is 224 g/mol. The molecule has 3 N–H and O–H groups in total. The van der Waals surface area contributed by atoms with E-state index in [1.807, 2.05) is 6.92 Å². The number of ether oxygens (including phenoxy) is 1. The number of aromatic nitrogens is 2. The summed E-state index contributed by atoms with van der Waals surface area (Å²) in [5, 5.41) is 6.22. The predicted octanol–water partition coefficient (Wildman–Crippen LogP) is -0.00190. The largest absolute Gasteiger partial charge is 0.364 e. The molecular formula is C10H16N4O3. The summed E-state index contributed by atoms with van der Waals surface area (Å²) in [6.45, 7) is 2.83. The van der Waals surface area contributed by atoms with E-state index >= 15 is 0 Å². The fourth-order valence-electron chi connectivity index (χ4n) is 1.76. The minimum absolute atomic E-state index is 0.0415. The van der Waals surface area contributed by atoms with Gasteiger partial charge < -0.3 is 20.3 Å². The van der Waals surface area contributed by atoms with Crippen LogP contribution < -0.4 is 11.1 Å². The van der Waals surface area contributed by atoms with Gasteiger partial charge in [0.2, 0.25) is 0 Å². The van der Waals surface area contributed by atoms with Crippen LogP contribution in [-0.2, 0) is 4.74 Å². The van der Waals surface area contributed by atoms with Crippen LogP contribution in [0, 0.1) is 0 Å². The van der Waals surface area contributed by atoms with Gasteiger partial charge in [-0.05, 0) is 19.8 Å². The number of nitrogens with two attached hydrogens (primary N) is 1. The molecule has 1 aromatic rings. The van der Waals surface area contributed by atoms with Gasteiger partial charge in [0.1, 0.15) is 6.10 Å². The van der Waals surface area contributed by atoms with Crippen molar-refractivity contribution in [3.63, 3.8) is 0 Å². The average Bonchev–Trinajstić information content (AvgIpc) is 2.98. The van der Waals surface area contributed by atoms with Gasteiger partial charge in [-0.2, -0.15) is 4.98 Å². The second-order valence-electron chi connectivity index (χ2n) is 3.88. The first kappa shape index (κ1) is 12.0. The van der Waals surface area contributed by atoms with Gasteiger partial charge in [-0.15, -0.1) is 0 Å². The molecule has 7 nitrogen and oxygen atoms in total. The highest BCUT2D eigenvalue weighted by atomic mass is 16.5. The maximum Gasteiger partial charge on any atom is 0.292 e. The first-order chi connectivity index (χ1) is 8.24. The summed E-state index contributed by atoms with van der Waals surface area (Å²) in [6, 6.07) is 0.